The summed E-state index contributed by atoms with van der Waals surface area (Å²) in [4.78, 5) is 11.0. The Morgan fingerprint density at radius 3 is 2.85 bits per heavy atom. The SMILES string of the molecule is C=CC1COCC12C=CC(=O)C=C2. The smallest absolute Gasteiger partial charge is 0.178 e. The fourth-order valence-electron chi connectivity index (χ4n) is 1.84. The maximum Gasteiger partial charge on any atom is 0.178 e. The van der Waals surface area contributed by atoms with Crippen LogP contribution in [0.25, 0.3) is 0 Å². The van der Waals surface area contributed by atoms with E-state index in [-0.39, 0.29) is 11.2 Å². The first-order valence-corrected chi connectivity index (χ1v) is 4.39. The Balaban J connectivity index is 2.30. The lowest BCUT2D eigenvalue weighted by atomic mass is 9.75. The summed E-state index contributed by atoms with van der Waals surface area (Å²) in [5.74, 6) is 0.355. The van der Waals surface area contributed by atoms with E-state index < -0.39 is 0 Å². The molecule has 0 saturated carbocycles. The zero-order valence-electron chi connectivity index (χ0n) is 7.40. The molecule has 1 heterocycles. The van der Waals surface area contributed by atoms with Gasteiger partial charge in [0.15, 0.2) is 5.78 Å². The molecule has 0 radical (unpaired) electrons. The van der Waals surface area contributed by atoms with Gasteiger partial charge in [0.1, 0.15) is 0 Å². The number of carbonyl (C=O) groups excluding carboxylic acids is 1. The van der Waals surface area contributed by atoms with E-state index in [0.29, 0.717) is 19.1 Å². The molecule has 0 N–H and O–H groups in total. The topological polar surface area (TPSA) is 26.3 Å². The standard InChI is InChI=1S/C11H12O2/c1-2-9-7-13-8-11(9)5-3-10(12)4-6-11/h2-6,9H,1,7-8H2. The second-order valence-electron chi connectivity index (χ2n) is 3.54. The summed E-state index contributed by atoms with van der Waals surface area (Å²) in [5.41, 5.74) is -0.102. The molecule has 0 aromatic heterocycles. The molecule has 0 aromatic carbocycles. The quantitative estimate of drug-likeness (QED) is 0.566. The molecule has 1 atom stereocenters. The van der Waals surface area contributed by atoms with Crippen molar-refractivity contribution in [2.75, 3.05) is 13.2 Å². The maximum atomic E-state index is 11.0. The molecule has 1 fully saturated rings. The van der Waals surface area contributed by atoms with Crippen LogP contribution in [0.2, 0.25) is 0 Å². The highest BCUT2D eigenvalue weighted by atomic mass is 16.5. The summed E-state index contributed by atoms with van der Waals surface area (Å²) in [5, 5.41) is 0. The molecule has 2 aliphatic rings. The van der Waals surface area contributed by atoms with Gasteiger partial charge in [-0.25, -0.2) is 0 Å². The van der Waals surface area contributed by atoms with Gasteiger partial charge < -0.3 is 4.74 Å². The van der Waals surface area contributed by atoms with Crippen LogP contribution in [-0.2, 0) is 9.53 Å². The Labute approximate surface area is 77.6 Å². The Morgan fingerprint density at radius 2 is 2.23 bits per heavy atom. The minimum atomic E-state index is -0.102. The average Bonchev–Trinajstić information content (AvgIpc) is 2.54. The van der Waals surface area contributed by atoms with Crippen LogP contribution in [0.4, 0.5) is 0 Å². The maximum absolute atomic E-state index is 11.0. The van der Waals surface area contributed by atoms with Gasteiger partial charge >= 0.3 is 0 Å². The molecule has 13 heavy (non-hydrogen) atoms. The molecule has 2 rings (SSSR count). The molecule has 1 spiro atoms. The van der Waals surface area contributed by atoms with E-state index in [1.54, 1.807) is 12.2 Å². The van der Waals surface area contributed by atoms with Crippen molar-refractivity contribution in [1.82, 2.24) is 0 Å². The molecule has 68 valence electrons. The molecule has 2 heteroatoms. The van der Waals surface area contributed by atoms with E-state index in [2.05, 4.69) is 6.58 Å². The van der Waals surface area contributed by atoms with E-state index in [1.165, 1.54) is 0 Å². The van der Waals surface area contributed by atoms with Crippen molar-refractivity contribution >= 4 is 5.78 Å². The van der Waals surface area contributed by atoms with E-state index in [1.807, 2.05) is 18.2 Å². The third-order valence-electron chi connectivity index (χ3n) is 2.74. The van der Waals surface area contributed by atoms with E-state index >= 15 is 0 Å². The van der Waals surface area contributed by atoms with Crippen LogP contribution in [-0.4, -0.2) is 19.0 Å². The number of ketones is 1. The lowest BCUT2D eigenvalue weighted by Crippen LogP contribution is -2.25. The van der Waals surface area contributed by atoms with Crippen LogP contribution in [0.3, 0.4) is 0 Å². The molecule has 1 unspecified atom stereocenters. The van der Waals surface area contributed by atoms with Crippen LogP contribution in [0.5, 0.6) is 0 Å². The van der Waals surface area contributed by atoms with Gasteiger partial charge in [0.05, 0.1) is 13.2 Å². The second kappa shape index (κ2) is 2.96. The van der Waals surface area contributed by atoms with Crippen molar-refractivity contribution in [2.24, 2.45) is 11.3 Å². The van der Waals surface area contributed by atoms with Crippen LogP contribution in [0.1, 0.15) is 0 Å². The molecule has 0 bridgehead atoms. The van der Waals surface area contributed by atoms with E-state index in [0.717, 1.165) is 0 Å². The molecule has 2 nitrogen and oxygen atoms in total. The van der Waals surface area contributed by atoms with Crippen molar-refractivity contribution in [3.05, 3.63) is 37.0 Å². The zero-order chi connectivity index (χ0) is 9.31. The van der Waals surface area contributed by atoms with Crippen molar-refractivity contribution in [1.29, 1.82) is 0 Å². The Morgan fingerprint density at radius 1 is 1.54 bits per heavy atom. The normalized spacial score (nSPS) is 29.8. The first kappa shape index (κ1) is 8.45. The number of hydrogen-bond acceptors (Lipinski definition) is 2. The number of ether oxygens (including phenoxy) is 1. The van der Waals surface area contributed by atoms with E-state index in [4.69, 9.17) is 4.74 Å². The van der Waals surface area contributed by atoms with Crippen LogP contribution in [0.15, 0.2) is 37.0 Å². The average molecular weight is 176 g/mol. The van der Waals surface area contributed by atoms with Gasteiger partial charge in [-0.05, 0) is 12.2 Å². The van der Waals surface area contributed by atoms with Gasteiger partial charge in [-0.3, -0.25) is 4.79 Å². The third kappa shape index (κ3) is 1.27. The molecular weight excluding hydrogens is 164 g/mol. The van der Waals surface area contributed by atoms with Gasteiger partial charge in [0, 0.05) is 11.3 Å². The summed E-state index contributed by atoms with van der Waals surface area (Å²) in [7, 11) is 0. The summed E-state index contributed by atoms with van der Waals surface area (Å²) >= 11 is 0. The molecule has 1 saturated heterocycles. The van der Waals surface area contributed by atoms with Crippen molar-refractivity contribution < 1.29 is 9.53 Å². The number of allylic oxidation sites excluding steroid dienone is 2. The lowest BCUT2D eigenvalue weighted by Gasteiger charge is -2.26. The molecule has 1 aliphatic heterocycles. The first-order valence-electron chi connectivity index (χ1n) is 4.39. The van der Waals surface area contributed by atoms with Gasteiger partial charge in [-0.1, -0.05) is 18.2 Å². The number of rotatable bonds is 1. The van der Waals surface area contributed by atoms with Gasteiger partial charge in [0.25, 0.3) is 0 Å². The largest absolute Gasteiger partial charge is 0.380 e. The van der Waals surface area contributed by atoms with Crippen molar-refractivity contribution in [3.63, 3.8) is 0 Å². The Kier molecular flexibility index (Phi) is 1.93. The van der Waals surface area contributed by atoms with Crippen molar-refractivity contribution in [3.8, 4) is 0 Å². The van der Waals surface area contributed by atoms with Crippen LogP contribution in [0, 0.1) is 11.3 Å². The van der Waals surface area contributed by atoms with Gasteiger partial charge in [0.2, 0.25) is 0 Å². The summed E-state index contributed by atoms with van der Waals surface area (Å²) in [6.07, 6.45) is 9.01. The predicted octanol–water partition coefficient (Wildman–Crippen LogP) is 1.50. The summed E-state index contributed by atoms with van der Waals surface area (Å²) in [6.45, 7) is 5.14. The summed E-state index contributed by atoms with van der Waals surface area (Å²) < 4.78 is 5.39. The fourth-order valence-corrected chi connectivity index (χ4v) is 1.84. The highest BCUT2D eigenvalue weighted by Gasteiger charge is 2.39. The molecule has 0 amide bonds. The van der Waals surface area contributed by atoms with Crippen LogP contribution >= 0.6 is 0 Å². The summed E-state index contributed by atoms with van der Waals surface area (Å²) in [6, 6.07) is 0. The molecule has 0 aromatic rings. The van der Waals surface area contributed by atoms with Crippen molar-refractivity contribution in [2.45, 2.75) is 0 Å². The Bertz CT molecular complexity index is 283. The fraction of sp³-hybridized carbons (Fsp3) is 0.364. The third-order valence-corrected chi connectivity index (χ3v) is 2.74. The first-order chi connectivity index (χ1) is 6.27. The molecule has 1 aliphatic carbocycles. The number of hydrogen-bond donors (Lipinski definition) is 0. The van der Waals surface area contributed by atoms with Gasteiger partial charge in [-0.2, -0.15) is 0 Å². The monoisotopic (exact) mass is 176 g/mol. The minimum absolute atomic E-state index is 0.0559. The minimum Gasteiger partial charge on any atom is -0.380 e. The van der Waals surface area contributed by atoms with E-state index in [9.17, 15) is 4.79 Å². The predicted molar refractivity (Wildman–Crippen MR) is 50.2 cm³/mol. The highest BCUT2D eigenvalue weighted by Crippen LogP contribution is 2.39. The zero-order valence-corrected chi connectivity index (χ0v) is 7.40. The van der Waals surface area contributed by atoms with Crippen LogP contribution < -0.4 is 0 Å². The van der Waals surface area contributed by atoms with Gasteiger partial charge in [-0.15, -0.1) is 6.58 Å². The lowest BCUT2D eigenvalue weighted by molar-refractivity contribution is -0.110. The molecular formula is C11H12O2. The highest BCUT2D eigenvalue weighted by molar-refractivity contribution is 6.00. The number of carbonyl (C=O) groups is 1. The second-order valence-corrected chi connectivity index (χ2v) is 3.54. The Hall–Kier alpha value is -1.15.